The van der Waals surface area contributed by atoms with Crippen LogP contribution in [-0.4, -0.2) is 37.1 Å². The summed E-state index contributed by atoms with van der Waals surface area (Å²) < 4.78 is 9.87. The van der Waals surface area contributed by atoms with E-state index in [0.717, 1.165) is 5.56 Å². The average Bonchev–Trinajstić information content (AvgIpc) is 3.02. The van der Waals surface area contributed by atoms with Crippen LogP contribution < -0.4 is 5.01 Å². The largest absolute Gasteiger partial charge is 0.466 e. The summed E-state index contributed by atoms with van der Waals surface area (Å²) in [6.45, 7) is 1.90. The van der Waals surface area contributed by atoms with E-state index in [-0.39, 0.29) is 11.3 Å². The Balaban J connectivity index is 2.05. The highest BCUT2D eigenvalue weighted by Crippen LogP contribution is 2.49. The van der Waals surface area contributed by atoms with Crippen molar-refractivity contribution in [1.29, 1.82) is 0 Å². The summed E-state index contributed by atoms with van der Waals surface area (Å²) in [5.74, 6) is -1.87. The van der Waals surface area contributed by atoms with Crippen LogP contribution in [-0.2, 0) is 19.1 Å². The van der Waals surface area contributed by atoms with Gasteiger partial charge in [-0.2, -0.15) is 0 Å². The van der Waals surface area contributed by atoms with Crippen molar-refractivity contribution < 1.29 is 23.9 Å². The summed E-state index contributed by atoms with van der Waals surface area (Å²) in [5, 5.41) is 2.89. The molecule has 2 bridgehead atoms. The molecule has 0 fully saturated rings. The first kappa shape index (κ1) is 17.8. The predicted molar refractivity (Wildman–Crippen MR) is 100 cm³/mol. The standard InChI is InChI=1S/C21H18N2O5/c1-12-8-4-7-11-15(12)22-17-13-9-5-6-10-14(13)19(24)23(22)18(21(26)28-3)16(17)20(25)27-2/h4-11,17H,1-3H3/t17-/m1/s1. The van der Waals surface area contributed by atoms with Gasteiger partial charge >= 0.3 is 11.9 Å². The van der Waals surface area contributed by atoms with Crippen LogP contribution in [0.4, 0.5) is 5.69 Å². The number of hydrogen-bond donors (Lipinski definition) is 0. The summed E-state index contributed by atoms with van der Waals surface area (Å²) in [4.78, 5) is 38.7. The zero-order valence-electron chi connectivity index (χ0n) is 15.6. The smallest absolute Gasteiger partial charge is 0.357 e. The van der Waals surface area contributed by atoms with Crippen LogP contribution in [0.5, 0.6) is 0 Å². The fraction of sp³-hybridized carbons (Fsp3) is 0.190. The minimum Gasteiger partial charge on any atom is -0.466 e. The van der Waals surface area contributed by atoms with Crippen molar-refractivity contribution in [1.82, 2.24) is 5.01 Å². The number of hydrazine groups is 1. The van der Waals surface area contributed by atoms with Crippen LogP contribution in [0.2, 0.25) is 0 Å². The zero-order valence-corrected chi connectivity index (χ0v) is 15.6. The molecule has 0 aliphatic carbocycles. The number of ether oxygens (including phenoxy) is 2. The molecule has 0 radical (unpaired) electrons. The second kappa shape index (κ2) is 6.53. The van der Waals surface area contributed by atoms with Gasteiger partial charge in [-0.1, -0.05) is 36.4 Å². The van der Waals surface area contributed by atoms with Crippen molar-refractivity contribution >= 4 is 23.5 Å². The van der Waals surface area contributed by atoms with Crippen LogP contribution in [0.25, 0.3) is 0 Å². The van der Waals surface area contributed by atoms with E-state index >= 15 is 0 Å². The second-order valence-corrected chi connectivity index (χ2v) is 6.48. The first-order valence-electron chi connectivity index (χ1n) is 8.70. The molecule has 0 saturated heterocycles. The molecule has 7 heteroatoms. The highest BCUT2D eigenvalue weighted by atomic mass is 16.5. The van der Waals surface area contributed by atoms with Crippen molar-refractivity contribution in [3.05, 3.63) is 76.5 Å². The maximum atomic E-state index is 13.3. The Labute approximate surface area is 161 Å². The Hall–Kier alpha value is -3.61. The number of benzene rings is 2. The van der Waals surface area contributed by atoms with Gasteiger partial charge in [-0.05, 0) is 30.2 Å². The van der Waals surface area contributed by atoms with Gasteiger partial charge in [-0.15, -0.1) is 0 Å². The molecule has 2 aromatic carbocycles. The number of aryl methyl sites for hydroxylation is 1. The number of amides is 1. The number of carbonyl (C=O) groups is 3. The molecular weight excluding hydrogens is 360 g/mol. The van der Waals surface area contributed by atoms with Crippen LogP contribution in [0, 0.1) is 6.92 Å². The third-order valence-electron chi connectivity index (χ3n) is 5.02. The van der Waals surface area contributed by atoms with Crippen molar-refractivity contribution in [3.8, 4) is 0 Å². The average molecular weight is 378 g/mol. The lowest BCUT2D eigenvalue weighted by Crippen LogP contribution is -2.49. The SMILES string of the molecule is COC(=O)C1=C(C(=O)OC)N2C(=O)c3ccccc3[C@H]1N2c1ccccc1C. The predicted octanol–water partition coefficient (Wildman–Crippen LogP) is 2.53. The van der Waals surface area contributed by atoms with Gasteiger partial charge in [0.2, 0.25) is 0 Å². The highest BCUT2D eigenvalue weighted by molar-refractivity contribution is 6.12. The van der Waals surface area contributed by atoms with Crippen molar-refractivity contribution in [2.45, 2.75) is 13.0 Å². The Morgan fingerprint density at radius 3 is 2.25 bits per heavy atom. The van der Waals surface area contributed by atoms with E-state index in [4.69, 9.17) is 9.47 Å². The molecule has 2 heterocycles. The number of nitrogens with zero attached hydrogens (tertiary/aromatic N) is 2. The summed E-state index contributed by atoms with van der Waals surface area (Å²) in [6, 6.07) is 13.8. The zero-order chi connectivity index (χ0) is 20.0. The molecule has 1 amide bonds. The van der Waals surface area contributed by atoms with Gasteiger partial charge < -0.3 is 9.47 Å². The summed E-state index contributed by atoms with van der Waals surface area (Å²) in [7, 11) is 2.46. The van der Waals surface area contributed by atoms with Crippen LogP contribution in [0.1, 0.15) is 27.5 Å². The number of rotatable bonds is 3. The first-order chi connectivity index (χ1) is 13.5. The fourth-order valence-corrected chi connectivity index (χ4v) is 3.80. The first-order valence-corrected chi connectivity index (χ1v) is 8.70. The Morgan fingerprint density at radius 2 is 1.57 bits per heavy atom. The summed E-state index contributed by atoms with van der Waals surface area (Å²) in [5.41, 5.74) is 2.61. The third-order valence-corrected chi connectivity index (χ3v) is 5.02. The lowest BCUT2D eigenvalue weighted by atomic mass is 9.92. The Bertz CT molecular complexity index is 1040. The van der Waals surface area contributed by atoms with Gasteiger partial charge in [0.1, 0.15) is 6.04 Å². The third kappa shape index (κ3) is 2.32. The summed E-state index contributed by atoms with van der Waals surface area (Å²) >= 11 is 0. The maximum Gasteiger partial charge on any atom is 0.357 e. The minimum absolute atomic E-state index is 0.0795. The van der Waals surface area contributed by atoms with E-state index in [9.17, 15) is 14.4 Å². The molecule has 0 spiro atoms. The number of anilines is 1. The van der Waals surface area contributed by atoms with Gasteiger partial charge in [-0.25, -0.2) is 14.6 Å². The fourth-order valence-electron chi connectivity index (χ4n) is 3.80. The van der Waals surface area contributed by atoms with E-state index in [1.54, 1.807) is 29.3 Å². The number of carbonyl (C=O) groups excluding carboxylic acids is 3. The Kier molecular flexibility index (Phi) is 4.15. The molecule has 1 atom stereocenters. The molecule has 7 nitrogen and oxygen atoms in total. The molecule has 0 N–H and O–H groups in total. The molecule has 2 aliphatic rings. The number of para-hydroxylation sites is 1. The monoisotopic (exact) mass is 378 g/mol. The number of fused-ring (bicyclic) bond motifs is 4. The number of hydrogen-bond acceptors (Lipinski definition) is 6. The molecule has 0 aromatic heterocycles. The van der Waals surface area contributed by atoms with Crippen LogP contribution >= 0.6 is 0 Å². The quantitative estimate of drug-likeness (QED) is 0.764. The van der Waals surface area contributed by atoms with Crippen molar-refractivity contribution in [3.63, 3.8) is 0 Å². The van der Waals surface area contributed by atoms with Gasteiger partial charge in [0.25, 0.3) is 5.91 Å². The molecule has 2 aliphatic heterocycles. The highest BCUT2D eigenvalue weighted by Gasteiger charge is 2.54. The topological polar surface area (TPSA) is 76.2 Å². The van der Waals surface area contributed by atoms with Crippen LogP contribution in [0.15, 0.2) is 59.8 Å². The lowest BCUT2D eigenvalue weighted by Gasteiger charge is -2.40. The normalized spacial score (nSPS) is 17.5. The van der Waals surface area contributed by atoms with E-state index < -0.39 is 23.9 Å². The second-order valence-electron chi connectivity index (χ2n) is 6.48. The lowest BCUT2D eigenvalue weighted by molar-refractivity contribution is -0.140. The number of esters is 2. The molecular formula is C21H18N2O5. The van der Waals surface area contributed by atoms with Gasteiger partial charge in [-0.3, -0.25) is 9.80 Å². The van der Waals surface area contributed by atoms with Gasteiger partial charge in [0.15, 0.2) is 5.70 Å². The number of methoxy groups -OCH3 is 2. The molecule has 0 unspecified atom stereocenters. The van der Waals surface area contributed by atoms with E-state index in [2.05, 4.69) is 0 Å². The van der Waals surface area contributed by atoms with Crippen molar-refractivity contribution in [2.75, 3.05) is 19.2 Å². The van der Waals surface area contributed by atoms with Crippen LogP contribution in [0.3, 0.4) is 0 Å². The molecule has 0 saturated carbocycles. The molecule has 142 valence electrons. The van der Waals surface area contributed by atoms with E-state index in [1.165, 1.54) is 19.2 Å². The molecule has 2 aromatic rings. The summed E-state index contributed by atoms with van der Waals surface area (Å²) in [6.07, 6.45) is 0. The van der Waals surface area contributed by atoms with E-state index in [0.29, 0.717) is 16.8 Å². The van der Waals surface area contributed by atoms with Crippen molar-refractivity contribution in [2.24, 2.45) is 0 Å². The van der Waals surface area contributed by atoms with Gasteiger partial charge in [0, 0.05) is 5.56 Å². The maximum absolute atomic E-state index is 13.3. The minimum atomic E-state index is -0.775. The Morgan fingerprint density at radius 1 is 0.929 bits per heavy atom. The molecule has 4 rings (SSSR count). The van der Waals surface area contributed by atoms with Gasteiger partial charge in [0.05, 0.1) is 25.5 Å². The molecule has 28 heavy (non-hydrogen) atoms. The van der Waals surface area contributed by atoms with E-state index in [1.807, 2.05) is 31.2 Å².